The number of unbranched alkanes of at least 4 members (excludes halogenated alkanes) is 2. The molecule has 148 valence electrons. The summed E-state index contributed by atoms with van der Waals surface area (Å²) >= 11 is 0. The SMILES string of the molecule is CCOc1ccccc1N1CCN(CCCCCn2c(O)ccc2O)CC1. The van der Waals surface area contributed by atoms with Gasteiger partial charge in [-0.2, -0.15) is 0 Å². The number of rotatable bonds is 9. The van der Waals surface area contributed by atoms with E-state index in [9.17, 15) is 10.2 Å². The Kier molecular flexibility index (Phi) is 6.87. The zero-order chi connectivity index (χ0) is 19.1. The number of anilines is 1. The first-order chi connectivity index (χ1) is 13.2. The molecule has 1 aromatic heterocycles. The standard InChI is InChI=1S/C21H31N3O3/c1-2-27-19-9-5-4-8-18(19)23-16-14-22(15-17-23)12-6-3-7-13-24-20(25)10-11-21(24)26/h4-5,8-11,25-26H,2-3,6-7,12-17H2,1H3. The van der Waals surface area contributed by atoms with Gasteiger partial charge in [-0.05, 0) is 38.4 Å². The topological polar surface area (TPSA) is 61.1 Å². The normalized spacial score (nSPS) is 15.2. The van der Waals surface area contributed by atoms with E-state index in [-0.39, 0.29) is 11.8 Å². The summed E-state index contributed by atoms with van der Waals surface area (Å²) in [5.74, 6) is 1.25. The third kappa shape index (κ3) is 5.10. The van der Waals surface area contributed by atoms with Crippen molar-refractivity contribution in [2.45, 2.75) is 32.7 Å². The number of aromatic hydroxyl groups is 2. The third-order valence-electron chi connectivity index (χ3n) is 5.17. The molecule has 2 aromatic rings. The Balaban J connectivity index is 1.36. The molecule has 0 aliphatic carbocycles. The average molecular weight is 373 g/mol. The van der Waals surface area contributed by atoms with Crippen molar-refractivity contribution in [3.05, 3.63) is 36.4 Å². The Hall–Kier alpha value is -2.34. The second-order valence-corrected chi connectivity index (χ2v) is 6.99. The predicted molar refractivity (Wildman–Crippen MR) is 108 cm³/mol. The van der Waals surface area contributed by atoms with E-state index < -0.39 is 0 Å². The van der Waals surface area contributed by atoms with Crippen LogP contribution in [0.2, 0.25) is 0 Å². The molecule has 1 aliphatic heterocycles. The average Bonchev–Trinajstić information content (AvgIpc) is 3.01. The van der Waals surface area contributed by atoms with E-state index in [1.807, 2.05) is 19.1 Å². The van der Waals surface area contributed by atoms with Gasteiger partial charge in [0.1, 0.15) is 5.75 Å². The summed E-state index contributed by atoms with van der Waals surface area (Å²) in [6, 6.07) is 11.3. The molecule has 0 spiro atoms. The molecule has 6 heteroatoms. The lowest BCUT2D eigenvalue weighted by Crippen LogP contribution is -2.46. The van der Waals surface area contributed by atoms with Gasteiger partial charge in [-0.3, -0.25) is 9.47 Å². The lowest BCUT2D eigenvalue weighted by molar-refractivity contribution is 0.250. The fourth-order valence-electron chi connectivity index (χ4n) is 3.67. The second-order valence-electron chi connectivity index (χ2n) is 6.99. The van der Waals surface area contributed by atoms with Crippen molar-refractivity contribution in [3.8, 4) is 17.5 Å². The van der Waals surface area contributed by atoms with E-state index in [1.165, 1.54) is 17.8 Å². The molecule has 2 N–H and O–H groups in total. The van der Waals surface area contributed by atoms with Crippen LogP contribution in [0, 0.1) is 0 Å². The molecular formula is C21H31N3O3. The highest BCUT2D eigenvalue weighted by molar-refractivity contribution is 5.58. The Bertz CT molecular complexity index is 689. The van der Waals surface area contributed by atoms with Crippen LogP contribution >= 0.6 is 0 Å². The molecule has 2 heterocycles. The minimum absolute atomic E-state index is 0.135. The first-order valence-corrected chi connectivity index (χ1v) is 9.95. The van der Waals surface area contributed by atoms with Crippen LogP contribution in [0.5, 0.6) is 17.5 Å². The molecule has 6 nitrogen and oxygen atoms in total. The molecule has 0 unspecified atom stereocenters. The van der Waals surface area contributed by atoms with Gasteiger partial charge in [0.25, 0.3) is 0 Å². The Morgan fingerprint density at radius 3 is 2.22 bits per heavy atom. The van der Waals surface area contributed by atoms with Crippen molar-refractivity contribution in [1.29, 1.82) is 0 Å². The fraction of sp³-hybridized carbons (Fsp3) is 0.524. The molecule has 1 fully saturated rings. The highest BCUT2D eigenvalue weighted by atomic mass is 16.5. The molecule has 0 saturated carbocycles. The minimum atomic E-state index is 0.135. The monoisotopic (exact) mass is 373 g/mol. The number of para-hydroxylation sites is 2. The van der Waals surface area contributed by atoms with Gasteiger partial charge in [0, 0.05) is 44.9 Å². The van der Waals surface area contributed by atoms with Crippen molar-refractivity contribution >= 4 is 5.69 Å². The highest BCUT2D eigenvalue weighted by Gasteiger charge is 2.19. The molecular weight excluding hydrogens is 342 g/mol. The van der Waals surface area contributed by atoms with Crippen molar-refractivity contribution in [1.82, 2.24) is 9.47 Å². The van der Waals surface area contributed by atoms with Crippen molar-refractivity contribution in [2.24, 2.45) is 0 Å². The molecule has 3 rings (SSSR count). The molecule has 0 bridgehead atoms. The van der Waals surface area contributed by atoms with Crippen LogP contribution in [0.15, 0.2) is 36.4 Å². The van der Waals surface area contributed by atoms with E-state index in [2.05, 4.69) is 21.9 Å². The van der Waals surface area contributed by atoms with Gasteiger partial charge in [-0.25, -0.2) is 0 Å². The van der Waals surface area contributed by atoms with Gasteiger partial charge < -0.3 is 19.8 Å². The lowest BCUT2D eigenvalue weighted by atomic mass is 10.2. The summed E-state index contributed by atoms with van der Waals surface area (Å²) < 4.78 is 7.31. The fourth-order valence-corrected chi connectivity index (χ4v) is 3.67. The quantitative estimate of drug-likeness (QED) is 0.661. The van der Waals surface area contributed by atoms with Crippen molar-refractivity contribution in [3.63, 3.8) is 0 Å². The van der Waals surface area contributed by atoms with Gasteiger partial charge in [-0.15, -0.1) is 0 Å². The maximum atomic E-state index is 9.64. The van der Waals surface area contributed by atoms with Crippen molar-refractivity contribution in [2.75, 3.05) is 44.2 Å². The summed E-state index contributed by atoms with van der Waals surface area (Å²) in [7, 11) is 0. The van der Waals surface area contributed by atoms with E-state index in [0.717, 1.165) is 57.7 Å². The van der Waals surface area contributed by atoms with Crippen LogP contribution in [0.1, 0.15) is 26.2 Å². The highest BCUT2D eigenvalue weighted by Crippen LogP contribution is 2.29. The van der Waals surface area contributed by atoms with Crippen LogP contribution in [0.4, 0.5) is 5.69 Å². The summed E-state index contributed by atoms with van der Waals surface area (Å²) in [5, 5.41) is 19.3. The molecule has 0 atom stereocenters. The summed E-state index contributed by atoms with van der Waals surface area (Å²) in [6.07, 6.45) is 3.18. The smallest absolute Gasteiger partial charge is 0.193 e. The Morgan fingerprint density at radius 1 is 0.852 bits per heavy atom. The van der Waals surface area contributed by atoms with E-state index in [0.29, 0.717) is 13.2 Å². The number of piperazine rings is 1. The zero-order valence-electron chi connectivity index (χ0n) is 16.2. The Morgan fingerprint density at radius 2 is 1.52 bits per heavy atom. The van der Waals surface area contributed by atoms with Gasteiger partial charge >= 0.3 is 0 Å². The van der Waals surface area contributed by atoms with E-state index in [4.69, 9.17) is 4.74 Å². The summed E-state index contributed by atoms with van der Waals surface area (Å²) in [6.45, 7) is 8.66. The van der Waals surface area contributed by atoms with Crippen LogP contribution in [0.3, 0.4) is 0 Å². The van der Waals surface area contributed by atoms with E-state index in [1.54, 1.807) is 4.57 Å². The lowest BCUT2D eigenvalue weighted by Gasteiger charge is -2.36. The molecule has 1 aliphatic rings. The number of nitrogens with zero attached hydrogens (tertiary/aromatic N) is 3. The molecule has 0 amide bonds. The number of hydrogen-bond acceptors (Lipinski definition) is 5. The zero-order valence-corrected chi connectivity index (χ0v) is 16.2. The maximum Gasteiger partial charge on any atom is 0.193 e. The minimum Gasteiger partial charge on any atom is -0.494 e. The number of ether oxygens (including phenoxy) is 1. The molecule has 1 saturated heterocycles. The van der Waals surface area contributed by atoms with E-state index >= 15 is 0 Å². The number of hydrogen-bond donors (Lipinski definition) is 2. The first-order valence-electron chi connectivity index (χ1n) is 9.95. The molecule has 27 heavy (non-hydrogen) atoms. The largest absolute Gasteiger partial charge is 0.494 e. The number of benzene rings is 1. The molecule has 1 aromatic carbocycles. The van der Waals surface area contributed by atoms with Gasteiger partial charge in [0.15, 0.2) is 11.8 Å². The second kappa shape index (κ2) is 9.55. The third-order valence-corrected chi connectivity index (χ3v) is 5.17. The molecule has 0 radical (unpaired) electrons. The van der Waals surface area contributed by atoms with Gasteiger partial charge in [0.05, 0.1) is 12.3 Å². The van der Waals surface area contributed by atoms with Crippen LogP contribution in [0.25, 0.3) is 0 Å². The van der Waals surface area contributed by atoms with Crippen LogP contribution in [-0.2, 0) is 6.54 Å². The van der Waals surface area contributed by atoms with Gasteiger partial charge in [0.2, 0.25) is 0 Å². The van der Waals surface area contributed by atoms with Crippen molar-refractivity contribution < 1.29 is 14.9 Å². The summed E-state index contributed by atoms with van der Waals surface area (Å²) in [4.78, 5) is 4.93. The predicted octanol–water partition coefficient (Wildman–Crippen LogP) is 3.29. The van der Waals surface area contributed by atoms with Crippen LogP contribution in [-0.4, -0.2) is 59.0 Å². The Labute approximate surface area is 161 Å². The maximum absolute atomic E-state index is 9.64. The van der Waals surface area contributed by atoms with Crippen LogP contribution < -0.4 is 9.64 Å². The van der Waals surface area contributed by atoms with Gasteiger partial charge in [-0.1, -0.05) is 18.6 Å². The first kappa shape index (κ1) is 19.4. The number of aromatic nitrogens is 1. The summed E-state index contributed by atoms with van der Waals surface area (Å²) in [5.41, 5.74) is 1.20.